The second-order valence-electron chi connectivity index (χ2n) is 9.53. The summed E-state index contributed by atoms with van der Waals surface area (Å²) < 4.78 is 21.3. The second kappa shape index (κ2) is 11.1. The molecule has 1 aliphatic heterocycles. The number of rotatable bonds is 7. The highest BCUT2D eigenvalue weighted by Gasteiger charge is 2.34. The van der Waals surface area contributed by atoms with Gasteiger partial charge in [-0.05, 0) is 29.3 Å². The molecule has 4 aromatic carbocycles. The summed E-state index contributed by atoms with van der Waals surface area (Å²) in [5.41, 5.74) is 3.92. The van der Waals surface area contributed by atoms with Gasteiger partial charge in [-0.25, -0.2) is 4.39 Å². The van der Waals surface area contributed by atoms with E-state index in [0.717, 1.165) is 31.7 Å². The first kappa shape index (κ1) is 24.2. The predicted octanol–water partition coefficient (Wildman–Crippen LogP) is 6.37. The summed E-state index contributed by atoms with van der Waals surface area (Å²) in [7, 11) is 0. The van der Waals surface area contributed by atoms with E-state index < -0.39 is 6.04 Å². The highest BCUT2D eigenvalue weighted by molar-refractivity contribution is 5.52. The van der Waals surface area contributed by atoms with Crippen molar-refractivity contribution in [1.82, 2.24) is 20.0 Å². The third kappa shape index (κ3) is 5.01. The van der Waals surface area contributed by atoms with Crippen LogP contribution in [0.2, 0.25) is 0 Å². The van der Waals surface area contributed by atoms with Crippen LogP contribution in [0.25, 0.3) is 11.5 Å². The molecule has 0 saturated carbocycles. The molecule has 5 aromatic rings. The Balaban J connectivity index is 1.29. The molecule has 38 heavy (non-hydrogen) atoms. The van der Waals surface area contributed by atoms with Gasteiger partial charge in [0, 0.05) is 37.3 Å². The van der Waals surface area contributed by atoms with E-state index in [1.165, 1.54) is 17.2 Å². The molecule has 2 heterocycles. The van der Waals surface area contributed by atoms with E-state index in [2.05, 4.69) is 80.7 Å². The fourth-order valence-electron chi connectivity index (χ4n) is 5.36. The van der Waals surface area contributed by atoms with Crippen molar-refractivity contribution in [1.29, 1.82) is 0 Å². The van der Waals surface area contributed by atoms with Gasteiger partial charge in [-0.1, -0.05) is 97.1 Å². The number of aromatic nitrogens is 2. The molecule has 0 radical (unpaired) electrons. The van der Waals surface area contributed by atoms with Crippen LogP contribution in [0.1, 0.15) is 34.7 Å². The Morgan fingerprint density at radius 2 is 1.08 bits per heavy atom. The Hall–Kier alpha value is -4.13. The maximum absolute atomic E-state index is 15.1. The molecule has 0 bridgehead atoms. The number of hydrogen-bond acceptors (Lipinski definition) is 5. The molecule has 0 amide bonds. The van der Waals surface area contributed by atoms with E-state index in [1.54, 1.807) is 6.07 Å². The predicted molar refractivity (Wildman–Crippen MR) is 146 cm³/mol. The van der Waals surface area contributed by atoms with Gasteiger partial charge >= 0.3 is 0 Å². The summed E-state index contributed by atoms with van der Waals surface area (Å²) in [4.78, 5) is 4.76. The molecule has 1 aromatic heterocycles. The van der Waals surface area contributed by atoms with Crippen molar-refractivity contribution >= 4 is 0 Å². The molecule has 6 rings (SSSR count). The van der Waals surface area contributed by atoms with Crippen molar-refractivity contribution in [2.75, 3.05) is 26.2 Å². The molecule has 1 saturated heterocycles. The topological polar surface area (TPSA) is 45.4 Å². The molecular weight excluding hydrogens is 475 g/mol. The average Bonchev–Trinajstić information content (AvgIpc) is 3.47. The fourth-order valence-corrected chi connectivity index (χ4v) is 5.36. The van der Waals surface area contributed by atoms with Crippen LogP contribution in [0.3, 0.4) is 0 Å². The summed E-state index contributed by atoms with van der Waals surface area (Å²) in [6.45, 7) is 3.11. The summed E-state index contributed by atoms with van der Waals surface area (Å²) in [5, 5.41) is 8.70. The van der Waals surface area contributed by atoms with Gasteiger partial charge in [0.2, 0.25) is 11.8 Å². The van der Waals surface area contributed by atoms with Crippen molar-refractivity contribution in [2.45, 2.75) is 12.1 Å². The SMILES string of the molecule is Fc1ccccc1[C@H](c1nnc(-c2ccccc2)o1)N1CCN(C(c2ccccc2)c2ccccc2)CC1. The van der Waals surface area contributed by atoms with E-state index >= 15 is 4.39 Å². The number of hydrogen-bond donors (Lipinski definition) is 0. The van der Waals surface area contributed by atoms with Gasteiger partial charge in [-0.2, -0.15) is 0 Å². The van der Waals surface area contributed by atoms with E-state index in [4.69, 9.17) is 4.42 Å². The van der Waals surface area contributed by atoms with Crippen LogP contribution >= 0.6 is 0 Å². The Morgan fingerprint density at radius 3 is 1.66 bits per heavy atom. The average molecular weight is 505 g/mol. The lowest BCUT2D eigenvalue weighted by molar-refractivity contribution is 0.0807. The van der Waals surface area contributed by atoms with Gasteiger partial charge in [-0.3, -0.25) is 9.80 Å². The molecular formula is C32H29FN4O. The minimum Gasteiger partial charge on any atom is -0.419 e. The van der Waals surface area contributed by atoms with Crippen LogP contribution < -0.4 is 0 Å². The molecule has 0 aliphatic carbocycles. The standard InChI is InChI=1S/C32H29FN4O/c33-28-19-11-10-18-27(28)30(32-35-34-31(38-32)26-16-8-3-9-17-26)37-22-20-36(21-23-37)29(24-12-4-1-5-13-24)25-14-6-2-7-15-25/h1-19,29-30H,20-23H2/t30-/m1/s1. The zero-order chi connectivity index (χ0) is 25.7. The summed E-state index contributed by atoms with van der Waals surface area (Å²) >= 11 is 0. The number of nitrogens with zero attached hydrogens (tertiary/aromatic N) is 4. The monoisotopic (exact) mass is 504 g/mol. The maximum Gasteiger partial charge on any atom is 0.247 e. The van der Waals surface area contributed by atoms with Gasteiger partial charge in [0.1, 0.15) is 11.9 Å². The number of benzene rings is 4. The van der Waals surface area contributed by atoms with Crippen molar-refractivity contribution in [3.63, 3.8) is 0 Å². The minimum absolute atomic E-state index is 0.152. The largest absolute Gasteiger partial charge is 0.419 e. The van der Waals surface area contributed by atoms with E-state index in [9.17, 15) is 0 Å². The highest BCUT2D eigenvalue weighted by Crippen LogP contribution is 2.35. The lowest BCUT2D eigenvalue weighted by Gasteiger charge is -2.42. The molecule has 1 fully saturated rings. The Morgan fingerprint density at radius 1 is 0.579 bits per heavy atom. The quantitative estimate of drug-likeness (QED) is 0.258. The first-order valence-corrected chi connectivity index (χ1v) is 13.0. The maximum atomic E-state index is 15.1. The Bertz CT molecular complexity index is 1410. The third-order valence-electron chi connectivity index (χ3n) is 7.20. The second-order valence-corrected chi connectivity index (χ2v) is 9.53. The molecule has 5 nitrogen and oxygen atoms in total. The molecule has 1 aliphatic rings. The summed E-state index contributed by atoms with van der Waals surface area (Å²) in [6.07, 6.45) is 0. The molecule has 6 heteroatoms. The third-order valence-corrected chi connectivity index (χ3v) is 7.20. The number of piperazine rings is 1. The molecule has 0 unspecified atom stereocenters. The molecule has 1 atom stereocenters. The van der Waals surface area contributed by atoms with Crippen molar-refractivity contribution in [3.8, 4) is 11.5 Å². The van der Waals surface area contributed by atoms with Crippen molar-refractivity contribution in [3.05, 3.63) is 144 Å². The van der Waals surface area contributed by atoms with Gasteiger partial charge in [0.25, 0.3) is 0 Å². The Kier molecular flexibility index (Phi) is 7.07. The van der Waals surface area contributed by atoms with Crippen LogP contribution in [-0.2, 0) is 0 Å². The molecule has 0 spiro atoms. The van der Waals surface area contributed by atoms with Gasteiger partial charge in [0.15, 0.2) is 0 Å². The lowest BCUT2D eigenvalue weighted by atomic mass is 9.96. The molecule has 190 valence electrons. The normalized spacial score (nSPS) is 15.5. The highest BCUT2D eigenvalue weighted by atomic mass is 19.1. The summed E-state index contributed by atoms with van der Waals surface area (Å²) in [6, 6.07) is 37.5. The lowest BCUT2D eigenvalue weighted by Crippen LogP contribution is -2.49. The van der Waals surface area contributed by atoms with Crippen LogP contribution in [0.4, 0.5) is 4.39 Å². The number of halogens is 1. The molecule has 0 N–H and O–H groups in total. The van der Waals surface area contributed by atoms with E-state index in [1.807, 2.05) is 42.5 Å². The zero-order valence-electron chi connectivity index (χ0n) is 21.0. The van der Waals surface area contributed by atoms with Crippen LogP contribution in [-0.4, -0.2) is 46.2 Å². The van der Waals surface area contributed by atoms with Crippen LogP contribution in [0.5, 0.6) is 0 Å². The van der Waals surface area contributed by atoms with Gasteiger partial charge in [-0.15, -0.1) is 10.2 Å². The summed E-state index contributed by atoms with van der Waals surface area (Å²) in [5.74, 6) is 0.574. The van der Waals surface area contributed by atoms with E-state index in [0.29, 0.717) is 17.3 Å². The van der Waals surface area contributed by atoms with Gasteiger partial charge in [0.05, 0.1) is 6.04 Å². The Labute approximate surface area is 222 Å². The van der Waals surface area contributed by atoms with Crippen molar-refractivity contribution in [2.24, 2.45) is 0 Å². The van der Waals surface area contributed by atoms with Crippen LogP contribution in [0, 0.1) is 5.82 Å². The fraction of sp³-hybridized carbons (Fsp3) is 0.188. The minimum atomic E-state index is -0.463. The smallest absolute Gasteiger partial charge is 0.247 e. The van der Waals surface area contributed by atoms with Crippen LogP contribution in [0.15, 0.2) is 120 Å². The first-order chi connectivity index (χ1) is 18.8. The van der Waals surface area contributed by atoms with Crippen molar-refractivity contribution < 1.29 is 8.81 Å². The van der Waals surface area contributed by atoms with E-state index in [-0.39, 0.29) is 11.9 Å². The van der Waals surface area contributed by atoms with Gasteiger partial charge < -0.3 is 4.42 Å². The zero-order valence-corrected chi connectivity index (χ0v) is 21.0. The first-order valence-electron chi connectivity index (χ1n) is 13.0.